The molecule has 0 aliphatic carbocycles. The van der Waals surface area contributed by atoms with E-state index < -0.39 is 18.1 Å². The topological polar surface area (TPSA) is 55.8 Å². The highest BCUT2D eigenvalue weighted by Crippen LogP contribution is 2.27. The van der Waals surface area contributed by atoms with Gasteiger partial charge in [0.05, 0.1) is 7.11 Å². The van der Waals surface area contributed by atoms with Crippen LogP contribution in [0.15, 0.2) is 42.0 Å². The predicted octanol–water partition coefficient (Wildman–Crippen LogP) is 2.84. The van der Waals surface area contributed by atoms with Crippen LogP contribution in [-0.4, -0.2) is 35.1 Å². The minimum absolute atomic E-state index is 0.123. The van der Waals surface area contributed by atoms with Gasteiger partial charge < -0.3 is 9.47 Å². The van der Waals surface area contributed by atoms with Crippen LogP contribution in [0.4, 0.5) is 4.79 Å². The van der Waals surface area contributed by atoms with Gasteiger partial charge >= 0.3 is 12.1 Å². The van der Waals surface area contributed by atoms with E-state index in [9.17, 15) is 9.59 Å². The third kappa shape index (κ3) is 3.33. The van der Waals surface area contributed by atoms with E-state index in [4.69, 9.17) is 21.7 Å². The summed E-state index contributed by atoms with van der Waals surface area (Å²) in [5, 5.41) is 0. The van der Waals surface area contributed by atoms with Crippen LogP contribution in [-0.2, 0) is 20.9 Å². The van der Waals surface area contributed by atoms with Crippen molar-refractivity contribution in [2.24, 2.45) is 0 Å². The Morgan fingerprint density at radius 3 is 2.64 bits per heavy atom. The van der Waals surface area contributed by atoms with E-state index in [1.54, 1.807) is 6.08 Å². The van der Waals surface area contributed by atoms with E-state index in [1.807, 2.05) is 37.3 Å². The van der Waals surface area contributed by atoms with Crippen molar-refractivity contribution in [3.63, 3.8) is 0 Å². The number of amides is 1. The van der Waals surface area contributed by atoms with Crippen molar-refractivity contribution in [3.8, 4) is 0 Å². The Labute approximate surface area is 134 Å². The lowest BCUT2D eigenvalue weighted by Crippen LogP contribution is -2.43. The minimum atomic E-state index is -0.757. The van der Waals surface area contributed by atoms with Crippen molar-refractivity contribution in [2.45, 2.75) is 26.0 Å². The van der Waals surface area contributed by atoms with Gasteiger partial charge in [-0.15, -0.1) is 0 Å². The molecule has 0 radical (unpaired) electrons. The molecule has 1 aromatic rings. The maximum absolute atomic E-state index is 12.3. The molecule has 1 fully saturated rings. The first kappa shape index (κ1) is 16.2. The van der Waals surface area contributed by atoms with Crippen molar-refractivity contribution >= 4 is 29.3 Å². The number of carbonyl (C=O) groups is 2. The molecule has 0 N–H and O–H groups in total. The van der Waals surface area contributed by atoms with Gasteiger partial charge in [0, 0.05) is 6.42 Å². The van der Waals surface area contributed by atoms with Crippen LogP contribution >= 0.6 is 12.2 Å². The average molecular weight is 319 g/mol. The number of esters is 1. The second kappa shape index (κ2) is 7.17. The van der Waals surface area contributed by atoms with Crippen LogP contribution < -0.4 is 0 Å². The predicted molar refractivity (Wildman–Crippen MR) is 85.2 cm³/mol. The fourth-order valence-corrected chi connectivity index (χ4v) is 2.65. The molecule has 1 aromatic carbocycles. The zero-order valence-electron chi connectivity index (χ0n) is 12.4. The van der Waals surface area contributed by atoms with Gasteiger partial charge in [-0.25, -0.2) is 9.59 Å². The van der Waals surface area contributed by atoms with Crippen LogP contribution in [0.5, 0.6) is 0 Å². The maximum atomic E-state index is 12.3. The highest BCUT2D eigenvalue weighted by Gasteiger charge is 2.42. The van der Waals surface area contributed by atoms with Gasteiger partial charge in [0.25, 0.3) is 0 Å². The normalized spacial score (nSPS) is 19.4. The number of methoxy groups -OCH3 is 1. The quantitative estimate of drug-likeness (QED) is 0.487. The summed E-state index contributed by atoms with van der Waals surface area (Å²) in [5.41, 5.74) is 1.63. The summed E-state index contributed by atoms with van der Waals surface area (Å²) < 4.78 is 10.0. The molecule has 0 aromatic heterocycles. The van der Waals surface area contributed by atoms with Crippen LogP contribution in [0.3, 0.4) is 0 Å². The van der Waals surface area contributed by atoms with Crippen molar-refractivity contribution in [1.29, 1.82) is 0 Å². The Kier molecular flexibility index (Phi) is 5.27. The number of nitrogens with zero attached hydrogens (tertiary/aromatic N) is 1. The number of hydrogen-bond acceptors (Lipinski definition) is 5. The smallest absolute Gasteiger partial charge is 0.416 e. The Balaban J connectivity index is 2.11. The molecule has 1 unspecified atom stereocenters. The molecule has 0 bridgehead atoms. The molecule has 1 heterocycles. The first-order valence-electron chi connectivity index (χ1n) is 6.85. The second-order valence-electron chi connectivity index (χ2n) is 4.77. The lowest BCUT2D eigenvalue weighted by Gasteiger charge is -2.21. The summed E-state index contributed by atoms with van der Waals surface area (Å²) in [6, 6.07) is 8.55. The third-order valence-corrected chi connectivity index (χ3v) is 3.90. The van der Waals surface area contributed by atoms with E-state index >= 15 is 0 Å². The molecule has 1 aliphatic rings. The van der Waals surface area contributed by atoms with E-state index in [0.717, 1.165) is 11.1 Å². The summed E-state index contributed by atoms with van der Waals surface area (Å²) in [6.07, 6.45) is 1.51. The van der Waals surface area contributed by atoms with Crippen LogP contribution in [0, 0.1) is 0 Å². The third-order valence-electron chi connectivity index (χ3n) is 3.44. The summed E-state index contributed by atoms with van der Waals surface area (Å²) >= 11 is 5.26. The molecular formula is C16H17NO4S. The number of thiocarbonyl (C=S) groups is 1. The van der Waals surface area contributed by atoms with Crippen molar-refractivity contribution in [2.75, 3.05) is 7.11 Å². The number of likely N-dealkylation sites (tertiary alicyclic amines) is 1. The molecule has 0 spiro atoms. The minimum Gasteiger partial charge on any atom is -0.467 e. The van der Waals surface area contributed by atoms with Crippen LogP contribution in [0.1, 0.15) is 18.9 Å². The second-order valence-corrected chi connectivity index (χ2v) is 5.16. The Morgan fingerprint density at radius 1 is 1.36 bits per heavy atom. The number of benzene rings is 1. The lowest BCUT2D eigenvalue weighted by molar-refractivity contribution is -0.144. The number of hydrogen-bond donors (Lipinski definition) is 0. The first-order chi connectivity index (χ1) is 10.6. The van der Waals surface area contributed by atoms with Gasteiger partial charge in [-0.3, -0.25) is 4.90 Å². The summed E-state index contributed by atoms with van der Waals surface area (Å²) in [7, 11) is 1.28. The molecule has 1 atom stereocenters. The largest absolute Gasteiger partial charge is 0.467 e. The van der Waals surface area contributed by atoms with Gasteiger partial charge in [0.2, 0.25) is 0 Å². The summed E-state index contributed by atoms with van der Waals surface area (Å²) in [6.45, 7) is 1.94. The van der Waals surface area contributed by atoms with Gasteiger partial charge in [0.1, 0.15) is 17.6 Å². The lowest BCUT2D eigenvalue weighted by atomic mass is 10.1. The highest BCUT2D eigenvalue weighted by atomic mass is 32.1. The van der Waals surface area contributed by atoms with Crippen LogP contribution in [0.25, 0.3) is 0 Å². The molecule has 2 rings (SSSR count). The van der Waals surface area contributed by atoms with Crippen molar-refractivity contribution < 1.29 is 19.1 Å². The van der Waals surface area contributed by atoms with E-state index in [2.05, 4.69) is 0 Å². The van der Waals surface area contributed by atoms with Gasteiger partial charge in [-0.2, -0.15) is 0 Å². The zero-order chi connectivity index (χ0) is 16.1. The monoisotopic (exact) mass is 319 g/mol. The number of carbonyl (C=O) groups excluding carboxylic acids is 2. The molecular weight excluding hydrogens is 302 g/mol. The summed E-state index contributed by atoms with van der Waals surface area (Å²) in [5.74, 6) is -0.504. The molecule has 22 heavy (non-hydrogen) atoms. The molecule has 5 nitrogen and oxygen atoms in total. The Morgan fingerprint density at radius 2 is 2.05 bits per heavy atom. The standard InChI is InChI=1S/C16H17NO4S/c1-3-12-9-13(15(18)20-2)17(14(12)22)16(19)21-10-11-7-5-4-6-8-11/h3-8,13H,9-10H2,1-2H3/b12-3-. The van der Waals surface area contributed by atoms with Crippen LogP contribution in [0.2, 0.25) is 0 Å². The fraction of sp³-hybridized carbons (Fsp3) is 0.312. The molecule has 1 amide bonds. The molecule has 1 saturated heterocycles. The maximum Gasteiger partial charge on any atom is 0.416 e. The Hall–Kier alpha value is -2.21. The van der Waals surface area contributed by atoms with Gasteiger partial charge in [-0.05, 0) is 18.1 Å². The Bertz CT molecular complexity index is 612. The number of ether oxygens (including phenoxy) is 2. The number of rotatable bonds is 3. The number of allylic oxidation sites excluding steroid dienone is 1. The van der Waals surface area contributed by atoms with Gasteiger partial charge in [0.15, 0.2) is 0 Å². The van der Waals surface area contributed by atoms with Crippen molar-refractivity contribution in [3.05, 3.63) is 47.5 Å². The average Bonchev–Trinajstić information content (AvgIpc) is 2.89. The highest BCUT2D eigenvalue weighted by molar-refractivity contribution is 7.80. The molecule has 0 saturated carbocycles. The first-order valence-corrected chi connectivity index (χ1v) is 7.26. The zero-order valence-corrected chi connectivity index (χ0v) is 13.3. The van der Waals surface area contributed by atoms with E-state index in [1.165, 1.54) is 12.0 Å². The fourth-order valence-electron chi connectivity index (χ4n) is 2.25. The van der Waals surface area contributed by atoms with Gasteiger partial charge in [-0.1, -0.05) is 48.6 Å². The summed E-state index contributed by atoms with van der Waals surface area (Å²) in [4.78, 5) is 25.7. The molecule has 1 aliphatic heterocycles. The molecule has 6 heteroatoms. The molecule has 116 valence electrons. The van der Waals surface area contributed by atoms with E-state index in [-0.39, 0.29) is 6.61 Å². The van der Waals surface area contributed by atoms with Crippen molar-refractivity contribution in [1.82, 2.24) is 4.90 Å². The SMILES string of the molecule is C/C=C1/CC(C(=O)OC)N(C(=O)OCc2ccccc2)C1=S. The van der Waals surface area contributed by atoms with E-state index in [0.29, 0.717) is 11.4 Å².